The molecule has 1 aliphatic rings. The summed E-state index contributed by atoms with van der Waals surface area (Å²) in [5, 5.41) is 8.33. The molecule has 1 aliphatic carbocycles. The van der Waals surface area contributed by atoms with Crippen LogP contribution in [0.2, 0.25) is 0 Å². The van der Waals surface area contributed by atoms with Crippen LogP contribution in [0.5, 0.6) is 0 Å². The summed E-state index contributed by atoms with van der Waals surface area (Å²) in [6, 6.07) is 27.0. The van der Waals surface area contributed by atoms with Crippen LogP contribution in [-0.4, -0.2) is 0 Å². The number of benzene rings is 5. The lowest BCUT2D eigenvalue weighted by Gasteiger charge is -2.14. The van der Waals surface area contributed by atoms with Gasteiger partial charge < -0.3 is 0 Å². The van der Waals surface area contributed by atoms with Crippen molar-refractivity contribution in [1.82, 2.24) is 0 Å². The fourth-order valence-electron chi connectivity index (χ4n) is 4.43. The minimum absolute atomic E-state index is 1.06. The van der Waals surface area contributed by atoms with E-state index in [2.05, 4.69) is 72.8 Å². The smallest absolute Gasteiger partial charge is 0.000727 e. The van der Waals surface area contributed by atoms with Crippen LogP contribution in [0, 0.1) is 0 Å². The monoisotopic (exact) mass is 290 g/mol. The fourth-order valence-corrected chi connectivity index (χ4v) is 4.43. The Morgan fingerprint density at radius 3 is 2.26 bits per heavy atom. The van der Waals surface area contributed by atoms with Crippen molar-refractivity contribution >= 4 is 32.3 Å². The highest BCUT2D eigenvalue weighted by atomic mass is 14.3. The van der Waals surface area contributed by atoms with Gasteiger partial charge in [0.25, 0.3) is 0 Å². The van der Waals surface area contributed by atoms with Crippen molar-refractivity contribution in [2.24, 2.45) is 0 Å². The molecule has 0 aliphatic heterocycles. The van der Waals surface area contributed by atoms with Gasteiger partial charge in [-0.2, -0.15) is 0 Å². The van der Waals surface area contributed by atoms with Gasteiger partial charge in [-0.3, -0.25) is 0 Å². The summed E-state index contributed by atoms with van der Waals surface area (Å²) >= 11 is 0. The van der Waals surface area contributed by atoms with Crippen LogP contribution < -0.4 is 0 Å². The normalized spacial score (nSPS) is 13.0. The lowest BCUT2D eigenvalue weighted by atomic mass is 9.89. The molecule has 0 spiro atoms. The van der Waals surface area contributed by atoms with Crippen LogP contribution in [0.4, 0.5) is 0 Å². The molecule has 0 heterocycles. The van der Waals surface area contributed by atoms with Gasteiger partial charge in [-0.15, -0.1) is 0 Å². The van der Waals surface area contributed by atoms with E-state index in [-0.39, 0.29) is 0 Å². The van der Waals surface area contributed by atoms with Gasteiger partial charge in [0.15, 0.2) is 0 Å². The molecule has 0 fully saturated rings. The first-order valence-electron chi connectivity index (χ1n) is 8.18. The molecule has 0 aromatic heterocycles. The number of hydrogen-bond donors (Lipinski definition) is 0. The Morgan fingerprint density at radius 1 is 0.565 bits per heavy atom. The Bertz CT molecular complexity index is 1210. The summed E-state index contributed by atoms with van der Waals surface area (Å²) in [6.07, 6.45) is 1.06. The molecular weight excluding hydrogens is 276 g/mol. The van der Waals surface area contributed by atoms with Crippen LogP contribution in [-0.2, 0) is 6.42 Å². The van der Waals surface area contributed by atoms with Crippen molar-refractivity contribution in [3.8, 4) is 11.1 Å². The van der Waals surface area contributed by atoms with E-state index in [0.29, 0.717) is 0 Å². The van der Waals surface area contributed by atoms with Crippen molar-refractivity contribution in [3.05, 3.63) is 83.9 Å². The average Bonchev–Trinajstić information content (AvgIpc) is 2.98. The Kier molecular flexibility index (Phi) is 1.98. The maximum absolute atomic E-state index is 2.40. The first kappa shape index (κ1) is 11.7. The first-order valence-corrected chi connectivity index (χ1v) is 8.18. The molecule has 0 nitrogen and oxygen atoms in total. The third-order valence-electron chi connectivity index (χ3n) is 5.43. The van der Waals surface area contributed by atoms with Crippen molar-refractivity contribution in [2.75, 3.05) is 0 Å². The highest BCUT2D eigenvalue weighted by molar-refractivity contribution is 6.24. The minimum atomic E-state index is 1.06. The lowest BCUT2D eigenvalue weighted by Crippen LogP contribution is -1.89. The molecule has 0 heteroatoms. The van der Waals surface area contributed by atoms with Gasteiger partial charge in [0.1, 0.15) is 0 Å². The predicted octanol–water partition coefficient (Wildman–Crippen LogP) is 6.16. The molecule has 0 amide bonds. The van der Waals surface area contributed by atoms with Gasteiger partial charge >= 0.3 is 0 Å². The van der Waals surface area contributed by atoms with E-state index < -0.39 is 0 Å². The molecule has 0 unspecified atom stereocenters. The highest BCUT2D eigenvalue weighted by Crippen LogP contribution is 2.45. The molecule has 0 N–H and O–H groups in total. The SMILES string of the molecule is c1ccc2c(c1)Cc1c-2cc2ccc3cccc4ccc1c2c34. The van der Waals surface area contributed by atoms with Crippen LogP contribution in [0.1, 0.15) is 11.1 Å². The van der Waals surface area contributed by atoms with E-state index in [0.717, 1.165) is 6.42 Å². The second-order valence-corrected chi connectivity index (χ2v) is 6.59. The van der Waals surface area contributed by atoms with Crippen molar-refractivity contribution < 1.29 is 0 Å². The standard InChI is InChI=1S/C23H14/c1-2-7-18-16(4-1)12-21-19-11-10-15-6-3-5-14-8-9-17(13-20(18)21)23(19)22(14)15/h1-11,13H,12H2. The summed E-state index contributed by atoms with van der Waals surface area (Å²) < 4.78 is 0. The van der Waals surface area contributed by atoms with Gasteiger partial charge in [-0.05, 0) is 67.1 Å². The topological polar surface area (TPSA) is 0 Å². The third kappa shape index (κ3) is 1.37. The van der Waals surface area contributed by atoms with Gasteiger partial charge in [-0.25, -0.2) is 0 Å². The molecule has 0 bridgehead atoms. The zero-order chi connectivity index (χ0) is 15.0. The van der Waals surface area contributed by atoms with Crippen LogP contribution >= 0.6 is 0 Å². The molecule has 6 rings (SSSR count). The largest absolute Gasteiger partial charge is 0.0619 e. The molecule has 0 atom stereocenters. The minimum Gasteiger partial charge on any atom is -0.0619 e. The van der Waals surface area contributed by atoms with Crippen LogP contribution in [0.15, 0.2) is 72.8 Å². The Morgan fingerprint density at radius 2 is 1.35 bits per heavy atom. The molecular formula is C23H14. The summed E-state index contributed by atoms with van der Waals surface area (Å²) in [4.78, 5) is 0. The van der Waals surface area contributed by atoms with Crippen molar-refractivity contribution in [3.63, 3.8) is 0 Å². The van der Waals surface area contributed by atoms with E-state index in [1.54, 1.807) is 0 Å². The van der Waals surface area contributed by atoms with Gasteiger partial charge in [0.05, 0.1) is 0 Å². The zero-order valence-electron chi connectivity index (χ0n) is 12.6. The number of fused-ring (bicyclic) bond motifs is 4. The Hall–Kier alpha value is -2.86. The third-order valence-corrected chi connectivity index (χ3v) is 5.43. The molecule has 0 radical (unpaired) electrons. The molecule has 5 aromatic rings. The first-order chi connectivity index (χ1) is 11.4. The van der Waals surface area contributed by atoms with Gasteiger partial charge in [0.2, 0.25) is 0 Å². The molecule has 5 aromatic carbocycles. The summed E-state index contributed by atoms with van der Waals surface area (Å²) in [5.74, 6) is 0. The number of hydrogen-bond acceptors (Lipinski definition) is 0. The molecule has 106 valence electrons. The van der Waals surface area contributed by atoms with E-state index in [9.17, 15) is 0 Å². The maximum Gasteiger partial charge on any atom is -0.000727 e. The molecule has 0 saturated carbocycles. The number of rotatable bonds is 0. The molecule has 0 saturated heterocycles. The zero-order valence-corrected chi connectivity index (χ0v) is 12.6. The summed E-state index contributed by atoms with van der Waals surface area (Å²) in [7, 11) is 0. The average molecular weight is 290 g/mol. The van der Waals surface area contributed by atoms with E-state index in [1.807, 2.05) is 0 Å². The van der Waals surface area contributed by atoms with E-state index >= 15 is 0 Å². The fraction of sp³-hybridized carbons (Fsp3) is 0.0435. The van der Waals surface area contributed by atoms with E-state index in [1.165, 1.54) is 54.6 Å². The van der Waals surface area contributed by atoms with Crippen LogP contribution in [0.3, 0.4) is 0 Å². The second-order valence-electron chi connectivity index (χ2n) is 6.59. The lowest BCUT2D eigenvalue weighted by molar-refractivity contribution is 1.29. The van der Waals surface area contributed by atoms with Gasteiger partial charge in [-0.1, -0.05) is 66.7 Å². The second kappa shape index (κ2) is 3.91. The van der Waals surface area contributed by atoms with Crippen LogP contribution in [0.25, 0.3) is 43.4 Å². The van der Waals surface area contributed by atoms with Gasteiger partial charge in [0, 0.05) is 0 Å². The Balaban J connectivity index is 1.88. The van der Waals surface area contributed by atoms with E-state index in [4.69, 9.17) is 0 Å². The molecule has 23 heavy (non-hydrogen) atoms. The summed E-state index contributed by atoms with van der Waals surface area (Å²) in [6.45, 7) is 0. The summed E-state index contributed by atoms with van der Waals surface area (Å²) in [5.41, 5.74) is 5.79. The van der Waals surface area contributed by atoms with Crippen molar-refractivity contribution in [1.29, 1.82) is 0 Å². The highest BCUT2D eigenvalue weighted by Gasteiger charge is 2.22. The quantitative estimate of drug-likeness (QED) is 0.294. The van der Waals surface area contributed by atoms with Crippen molar-refractivity contribution in [2.45, 2.75) is 6.42 Å². The predicted molar refractivity (Wildman–Crippen MR) is 98.4 cm³/mol. The maximum atomic E-state index is 2.40. The Labute approximate surface area is 134 Å².